The second-order valence-corrected chi connectivity index (χ2v) is 4.02. The van der Waals surface area contributed by atoms with E-state index >= 15 is 0 Å². The van der Waals surface area contributed by atoms with E-state index in [9.17, 15) is 0 Å². The van der Waals surface area contributed by atoms with Gasteiger partial charge in [-0.2, -0.15) is 12.2 Å². The van der Waals surface area contributed by atoms with Crippen LogP contribution in [0, 0.1) is 38.8 Å². The monoisotopic (exact) mass is 408 g/mol. The summed E-state index contributed by atoms with van der Waals surface area (Å²) < 4.78 is 0. The summed E-state index contributed by atoms with van der Waals surface area (Å²) >= 11 is 1.58. The predicted octanol–water partition coefficient (Wildman–Crippen LogP) is 4.71. The van der Waals surface area contributed by atoms with Gasteiger partial charge in [-0.3, -0.25) is 12.2 Å². The molecule has 2 unspecified atom stereocenters. The van der Waals surface area contributed by atoms with Gasteiger partial charge in [-0.05, 0) is 0 Å². The van der Waals surface area contributed by atoms with Gasteiger partial charge in [-0.15, -0.1) is 38.7 Å². The van der Waals surface area contributed by atoms with Crippen LogP contribution in [-0.2, 0) is 23.3 Å². The van der Waals surface area contributed by atoms with Gasteiger partial charge in [-0.1, -0.05) is 25.7 Å². The van der Waals surface area contributed by atoms with E-state index in [1.807, 2.05) is 19.0 Å². The molecule has 118 valence electrons. The molecule has 2 rings (SSSR count). The molecular formula is C16H28Cl2SiZr-4. The van der Waals surface area contributed by atoms with Crippen LogP contribution in [0.5, 0.6) is 0 Å². The van der Waals surface area contributed by atoms with E-state index in [1.54, 1.807) is 23.3 Å². The fourth-order valence-electron chi connectivity index (χ4n) is 1.51. The molecule has 0 fully saturated rings. The van der Waals surface area contributed by atoms with Crippen molar-refractivity contribution in [3.8, 4) is 0 Å². The molecule has 20 heavy (non-hydrogen) atoms. The maximum atomic E-state index is 3.15. The molecule has 0 aromatic heterocycles. The standard InChI is InChI=1S/2C7H9.2CH3.2ClH.H2Si.Zr/c2*1-6-3-4-7(2)5-6;;;;;;/h2*3,5,7H,1-2H3;2*1H3;2*1H;1H2;/q4*-1;;;;. The van der Waals surface area contributed by atoms with Gasteiger partial charge in [-0.25, -0.2) is 23.3 Å². The maximum absolute atomic E-state index is 3.15. The molecule has 0 radical (unpaired) electrons. The first-order valence-electron chi connectivity index (χ1n) is 5.48. The minimum atomic E-state index is 0. The van der Waals surface area contributed by atoms with Crippen LogP contribution >= 0.6 is 24.8 Å². The van der Waals surface area contributed by atoms with Gasteiger partial charge in [0.2, 0.25) is 0 Å². The molecule has 0 saturated heterocycles. The number of hydrogen-bond acceptors (Lipinski definition) is 0. The van der Waals surface area contributed by atoms with Gasteiger partial charge in [0.15, 0.2) is 0 Å². The summed E-state index contributed by atoms with van der Waals surface area (Å²) in [6, 6.07) is 0. The molecule has 0 N–H and O–H groups in total. The average molecular weight is 411 g/mol. The Morgan fingerprint density at radius 3 is 1.15 bits per heavy atom. The Kier molecular flexibility index (Phi) is 32.0. The molecule has 0 bridgehead atoms. The Morgan fingerprint density at radius 1 is 0.850 bits per heavy atom. The summed E-state index contributed by atoms with van der Waals surface area (Å²) in [5, 5.41) is 0. The van der Waals surface area contributed by atoms with Crippen LogP contribution in [0.4, 0.5) is 0 Å². The molecule has 0 heterocycles. The van der Waals surface area contributed by atoms with Gasteiger partial charge in [0.05, 0.1) is 0 Å². The van der Waals surface area contributed by atoms with Crippen LogP contribution < -0.4 is 0 Å². The Hall–Kier alpha value is 0.640. The molecule has 0 aliphatic heterocycles. The van der Waals surface area contributed by atoms with Crippen LogP contribution in [-0.4, -0.2) is 6.88 Å². The molecule has 0 aromatic carbocycles. The molecule has 4 heteroatoms. The topological polar surface area (TPSA) is 0 Å². The summed E-state index contributed by atoms with van der Waals surface area (Å²) in [6.45, 7) is 10.4. The third kappa shape index (κ3) is 16.7. The Bertz CT molecular complexity index is 301. The summed E-state index contributed by atoms with van der Waals surface area (Å²) in [5.74, 6) is 1.11. The van der Waals surface area contributed by atoms with Crippen LogP contribution in [0.15, 0.2) is 35.5 Å². The van der Waals surface area contributed by atoms with Gasteiger partial charge >= 0.3 is 30.2 Å². The SMILES string of the molecule is CC1=CC(C)[C-]=C1.CC1=CC(C)[C-]=C1.Cl.Cl.[CH3-].[CH3-].[SiH2]=[Zr]. The number of halogens is 2. The zero-order valence-corrected chi connectivity index (χ0v) is 19.0. The molecular weight excluding hydrogens is 382 g/mol. The molecule has 2 aliphatic rings. The fourth-order valence-corrected chi connectivity index (χ4v) is 1.51. The van der Waals surface area contributed by atoms with E-state index in [-0.39, 0.29) is 39.7 Å². The molecule has 0 saturated carbocycles. The van der Waals surface area contributed by atoms with Crippen molar-refractivity contribution in [3.63, 3.8) is 0 Å². The van der Waals surface area contributed by atoms with Crippen molar-refractivity contribution in [2.45, 2.75) is 27.7 Å². The predicted molar refractivity (Wildman–Crippen MR) is 97.3 cm³/mol. The zero-order valence-electron chi connectivity index (χ0n) is 13.5. The van der Waals surface area contributed by atoms with Crippen molar-refractivity contribution in [2.75, 3.05) is 0 Å². The van der Waals surface area contributed by atoms with E-state index in [2.05, 4.69) is 52.0 Å². The van der Waals surface area contributed by atoms with Crippen molar-refractivity contribution in [1.29, 1.82) is 0 Å². The van der Waals surface area contributed by atoms with Crippen LogP contribution in [0.3, 0.4) is 0 Å². The second-order valence-electron chi connectivity index (χ2n) is 4.02. The molecule has 0 spiro atoms. The minimum absolute atomic E-state index is 0. The Balaban J connectivity index is -0.0000000566. The summed E-state index contributed by atoms with van der Waals surface area (Å²) in [7, 11) is 0. The first kappa shape index (κ1) is 32.5. The molecule has 0 amide bonds. The first-order valence-corrected chi connectivity index (χ1v) is 11.4. The second kappa shape index (κ2) is 19.6. The van der Waals surface area contributed by atoms with E-state index in [0.29, 0.717) is 11.8 Å². The first-order chi connectivity index (χ1) is 7.58. The van der Waals surface area contributed by atoms with Crippen molar-refractivity contribution in [1.82, 2.24) is 0 Å². The number of rotatable bonds is 0. The van der Waals surface area contributed by atoms with E-state index in [1.165, 1.54) is 11.1 Å². The van der Waals surface area contributed by atoms with Gasteiger partial charge in [0.25, 0.3) is 0 Å². The van der Waals surface area contributed by atoms with Gasteiger partial charge < -0.3 is 14.9 Å². The van der Waals surface area contributed by atoms with Gasteiger partial charge in [0.1, 0.15) is 0 Å². The van der Waals surface area contributed by atoms with E-state index < -0.39 is 0 Å². The molecule has 2 aliphatic carbocycles. The number of allylic oxidation sites excluding steroid dienone is 8. The third-order valence-electron chi connectivity index (χ3n) is 2.17. The fraction of sp³-hybridized carbons (Fsp3) is 0.375. The molecule has 0 nitrogen and oxygen atoms in total. The number of hydrogen-bond donors (Lipinski definition) is 0. The Labute approximate surface area is 156 Å². The summed E-state index contributed by atoms with van der Waals surface area (Å²) in [4.78, 5) is 0. The van der Waals surface area contributed by atoms with Crippen molar-refractivity contribution in [3.05, 3.63) is 62.5 Å². The quantitative estimate of drug-likeness (QED) is 0.401. The Morgan fingerprint density at radius 2 is 1.10 bits per heavy atom. The zero-order chi connectivity index (χ0) is 12.6. The van der Waals surface area contributed by atoms with Crippen LogP contribution in [0.2, 0.25) is 0 Å². The van der Waals surface area contributed by atoms with Crippen LogP contribution in [0.25, 0.3) is 0 Å². The average Bonchev–Trinajstić information content (AvgIpc) is 2.80. The summed E-state index contributed by atoms with van der Waals surface area (Å²) in [6.07, 6.45) is 14.8. The van der Waals surface area contributed by atoms with Gasteiger partial charge in [0, 0.05) is 0 Å². The van der Waals surface area contributed by atoms with E-state index in [4.69, 9.17) is 0 Å². The van der Waals surface area contributed by atoms with Crippen molar-refractivity contribution < 1.29 is 23.3 Å². The van der Waals surface area contributed by atoms with Crippen LogP contribution in [0.1, 0.15) is 27.7 Å². The molecule has 0 aromatic rings. The van der Waals surface area contributed by atoms with Crippen molar-refractivity contribution >= 4 is 31.7 Å². The molecule has 2 atom stereocenters. The summed E-state index contributed by atoms with van der Waals surface area (Å²) in [5.41, 5.74) is 2.68. The van der Waals surface area contributed by atoms with Crippen molar-refractivity contribution in [2.24, 2.45) is 11.8 Å². The normalized spacial score (nSPS) is 19.9. The third-order valence-corrected chi connectivity index (χ3v) is 2.17. The van der Waals surface area contributed by atoms with E-state index in [0.717, 1.165) is 0 Å².